The maximum Gasteiger partial charge on any atom is 0.158 e. The Hall–Kier alpha value is -1.49. The number of fused-ring (bicyclic) bond motifs is 1. The van der Waals surface area contributed by atoms with Gasteiger partial charge in [-0.2, -0.15) is 0 Å². The molecule has 0 bridgehead atoms. The third kappa shape index (κ3) is 2.61. The van der Waals surface area contributed by atoms with Gasteiger partial charge in [-0.05, 0) is 45.0 Å². The van der Waals surface area contributed by atoms with Crippen LogP contribution in [0.2, 0.25) is 0 Å². The number of benzene rings is 1. The van der Waals surface area contributed by atoms with Crippen molar-refractivity contribution >= 4 is 20.7 Å². The molecule has 0 radical (unpaired) electrons. The van der Waals surface area contributed by atoms with Crippen LogP contribution in [0.1, 0.15) is 26.5 Å². The fraction of sp³-hybridized carbons (Fsp3) is 0.429. The van der Waals surface area contributed by atoms with E-state index >= 15 is 0 Å². The van der Waals surface area contributed by atoms with Crippen molar-refractivity contribution in [1.82, 2.24) is 4.57 Å². The highest BCUT2D eigenvalue weighted by atomic mass is 32.2. The Morgan fingerprint density at radius 1 is 1.26 bits per heavy atom. The van der Waals surface area contributed by atoms with E-state index < -0.39 is 9.84 Å². The van der Waals surface area contributed by atoms with Crippen LogP contribution in [0.3, 0.4) is 0 Å². The maximum absolute atomic E-state index is 12.0. The number of aromatic nitrogens is 1. The molecule has 0 fully saturated rings. The number of hydrogen-bond acceptors (Lipinski definition) is 3. The fourth-order valence-corrected chi connectivity index (χ4v) is 3.17. The molecular formula is C14H19NO3S. The summed E-state index contributed by atoms with van der Waals surface area (Å²) < 4.78 is 26.1. The Kier molecular flexibility index (Phi) is 3.58. The minimum absolute atomic E-state index is 0.0357. The van der Waals surface area contributed by atoms with Crippen LogP contribution >= 0.6 is 0 Å². The quantitative estimate of drug-likeness (QED) is 0.937. The zero-order valence-corrected chi connectivity index (χ0v) is 12.2. The monoisotopic (exact) mass is 281 g/mol. The Balaban J connectivity index is 2.55. The number of aryl methyl sites for hydroxylation is 1. The van der Waals surface area contributed by atoms with Crippen molar-refractivity contribution in [3.8, 4) is 5.75 Å². The van der Waals surface area contributed by atoms with Crippen LogP contribution in [0, 0.1) is 0 Å². The van der Waals surface area contributed by atoms with E-state index in [0.717, 1.165) is 16.6 Å². The van der Waals surface area contributed by atoms with E-state index in [-0.39, 0.29) is 16.8 Å². The standard InChI is InChI=1S/C14H19NO3S/c1-4-15-12(9-19(17,18)10(2)3)7-11-8-13(16)5-6-14(11)15/h5-8,10,16H,4,9H2,1-3H3. The van der Waals surface area contributed by atoms with Gasteiger partial charge in [0.1, 0.15) is 5.75 Å². The van der Waals surface area contributed by atoms with E-state index in [0.29, 0.717) is 6.54 Å². The Labute approximate surface area is 113 Å². The number of hydrogen-bond donors (Lipinski definition) is 1. The van der Waals surface area contributed by atoms with E-state index in [1.807, 2.05) is 23.6 Å². The molecule has 104 valence electrons. The van der Waals surface area contributed by atoms with Crippen molar-refractivity contribution in [1.29, 1.82) is 0 Å². The van der Waals surface area contributed by atoms with Gasteiger partial charge in [0.25, 0.3) is 0 Å². The van der Waals surface area contributed by atoms with Gasteiger partial charge in [0.2, 0.25) is 0 Å². The van der Waals surface area contributed by atoms with Crippen molar-refractivity contribution in [3.05, 3.63) is 30.0 Å². The highest BCUT2D eigenvalue weighted by Crippen LogP contribution is 2.25. The van der Waals surface area contributed by atoms with Gasteiger partial charge >= 0.3 is 0 Å². The number of phenolic OH excluding ortho intramolecular Hbond substituents is 1. The molecule has 19 heavy (non-hydrogen) atoms. The zero-order valence-electron chi connectivity index (χ0n) is 11.4. The lowest BCUT2D eigenvalue weighted by Gasteiger charge is -2.10. The topological polar surface area (TPSA) is 59.3 Å². The molecule has 2 aromatic rings. The highest BCUT2D eigenvalue weighted by Gasteiger charge is 2.20. The van der Waals surface area contributed by atoms with Gasteiger partial charge in [0.15, 0.2) is 9.84 Å². The van der Waals surface area contributed by atoms with Gasteiger partial charge in [-0.3, -0.25) is 0 Å². The molecule has 0 aliphatic heterocycles. The number of nitrogens with zero attached hydrogens (tertiary/aromatic N) is 1. The van der Waals surface area contributed by atoms with Crippen molar-refractivity contribution in [3.63, 3.8) is 0 Å². The molecule has 0 aliphatic rings. The van der Waals surface area contributed by atoms with Gasteiger partial charge in [-0.25, -0.2) is 8.42 Å². The average molecular weight is 281 g/mol. The molecular weight excluding hydrogens is 262 g/mol. The summed E-state index contributed by atoms with van der Waals surface area (Å²) in [6.45, 7) is 6.08. The smallest absolute Gasteiger partial charge is 0.158 e. The molecule has 0 saturated heterocycles. The second-order valence-corrected chi connectivity index (χ2v) is 7.54. The third-order valence-electron chi connectivity index (χ3n) is 3.35. The molecule has 0 atom stereocenters. The SMILES string of the molecule is CCn1c(CS(=O)(=O)C(C)C)cc2cc(O)ccc21. The van der Waals surface area contributed by atoms with Crippen LogP contribution in [-0.2, 0) is 22.1 Å². The zero-order chi connectivity index (χ0) is 14.2. The first-order valence-corrected chi connectivity index (χ1v) is 8.09. The van der Waals surface area contributed by atoms with E-state index in [9.17, 15) is 13.5 Å². The van der Waals surface area contributed by atoms with Crippen molar-refractivity contribution in [2.45, 2.75) is 38.3 Å². The van der Waals surface area contributed by atoms with E-state index in [2.05, 4.69) is 0 Å². The van der Waals surface area contributed by atoms with Crippen molar-refractivity contribution in [2.24, 2.45) is 0 Å². The van der Waals surface area contributed by atoms with Crippen LogP contribution in [0.15, 0.2) is 24.3 Å². The van der Waals surface area contributed by atoms with Crippen LogP contribution in [0.25, 0.3) is 10.9 Å². The largest absolute Gasteiger partial charge is 0.508 e. The number of rotatable bonds is 4. The summed E-state index contributed by atoms with van der Waals surface area (Å²) in [6.07, 6.45) is 0. The minimum atomic E-state index is -3.12. The predicted molar refractivity (Wildman–Crippen MR) is 77.0 cm³/mol. The summed E-state index contributed by atoms with van der Waals surface area (Å²) in [5, 5.41) is 9.98. The molecule has 5 heteroatoms. The van der Waals surface area contributed by atoms with Crippen molar-refractivity contribution < 1.29 is 13.5 Å². The molecule has 0 unspecified atom stereocenters. The van der Waals surface area contributed by atoms with Crippen molar-refractivity contribution in [2.75, 3.05) is 0 Å². The summed E-state index contributed by atoms with van der Waals surface area (Å²) in [5.74, 6) is 0.229. The molecule has 1 N–H and O–H groups in total. The van der Waals surface area contributed by atoms with E-state index in [1.54, 1.807) is 26.0 Å². The molecule has 0 spiro atoms. The fourth-order valence-electron chi connectivity index (χ4n) is 2.18. The van der Waals surface area contributed by atoms with Gasteiger partial charge in [0.05, 0.1) is 11.0 Å². The van der Waals surface area contributed by atoms with Crippen LogP contribution in [0.4, 0.5) is 0 Å². The number of aromatic hydroxyl groups is 1. The molecule has 1 aromatic heterocycles. The molecule has 0 amide bonds. The van der Waals surface area contributed by atoms with Crippen LogP contribution < -0.4 is 0 Å². The summed E-state index contributed by atoms with van der Waals surface area (Å²) in [7, 11) is -3.12. The normalized spacial score (nSPS) is 12.4. The minimum Gasteiger partial charge on any atom is -0.508 e. The first-order valence-electron chi connectivity index (χ1n) is 6.38. The number of sulfone groups is 1. The van der Waals surface area contributed by atoms with Gasteiger partial charge in [-0.1, -0.05) is 0 Å². The Morgan fingerprint density at radius 3 is 2.53 bits per heavy atom. The maximum atomic E-state index is 12.0. The molecule has 1 heterocycles. The molecule has 4 nitrogen and oxygen atoms in total. The molecule has 2 rings (SSSR count). The Morgan fingerprint density at radius 2 is 1.95 bits per heavy atom. The lowest BCUT2D eigenvalue weighted by atomic mass is 10.2. The lowest BCUT2D eigenvalue weighted by molar-refractivity contribution is 0.476. The van der Waals surface area contributed by atoms with Gasteiger partial charge in [-0.15, -0.1) is 0 Å². The molecule has 0 aliphatic carbocycles. The summed E-state index contributed by atoms with van der Waals surface area (Å²) in [5.41, 5.74) is 1.73. The first kappa shape index (κ1) is 13.9. The van der Waals surface area contributed by atoms with Crippen LogP contribution in [-0.4, -0.2) is 23.3 Å². The third-order valence-corrected chi connectivity index (χ3v) is 5.49. The highest BCUT2D eigenvalue weighted by molar-refractivity contribution is 7.91. The predicted octanol–water partition coefficient (Wildman–Crippen LogP) is 2.69. The number of phenols is 1. The second kappa shape index (κ2) is 4.89. The summed E-state index contributed by atoms with van der Waals surface area (Å²) >= 11 is 0. The van der Waals surface area contributed by atoms with E-state index in [1.165, 1.54) is 0 Å². The van der Waals surface area contributed by atoms with E-state index in [4.69, 9.17) is 0 Å². The first-order chi connectivity index (χ1) is 8.85. The van der Waals surface area contributed by atoms with Gasteiger partial charge < -0.3 is 9.67 Å². The second-order valence-electron chi connectivity index (χ2n) is 4.98. The lowest BCUT2D eigenvalue weighted by Crippen LogP contribution is -2.18. The van der Waals surface area contributed by atoms with Gasteiger partial charge in [0, 0.05) is 23.1 Å². The summed E-state index contributed by atoms with van der Waals surface area (Å²) in [6, 6.07) is 6.94. The van der Waals surface area contributed by atoms with Crippen LogP contribution in [0.5, 0.6) is 5.75 Å². The summed E-state index contributed by atoms with van der Waals surface area (Å²) in [4.78, 5) is 0. The molecule has 1 aromatic carbocycles. The average Bonchev–Trinajstić information content (AvgIpc) is 2.64. The molecule has 0 saturated carbocycles. The Bertz CT molecular complexity index is 699.